The number of sulfone groups is 1. The lowest BCUT2D eigenvalue weighted by Gasteiger charge is -2.32. The Morgan fingerprint density at radius 1 is 1.09 bits per heavy atom. The molecule has 12 heteroatoms. The first-order valence-electron chi connectivity index (χ1n) is 14.1. The molecular formula is C31H37BN4O6S. The van der Waals surface area contributed by atoms with E-state index in [1.165, 1.54) is 11.1 Å². The number of rotatable bonds is 7. The number of nitrogens with zero attached hydrogens (tertiary/aromatic N) is 3. The number of hydrogen-bond donors (Lipinski definition) is 2. The summed E-state index contributed by atoms with van der Waals surface area (Å²) in [4.78, 5) is 26.5. The molecule has 2 aromatic carbocycles. The van der Waals surface area contributed by atoms with E-state index >= 15 is 0 Å². The summed E-state index contributed by atoms with van der Waals surface area (Å²) in [6.45, 7) is 13.2. The van der Waals surface area contributed by atoms with Crippen LogP contribution in [0.3, 0.4) is 0 Å². The smallest absolute Gasteiger partial charge is 0.399 e. The number of carbonyl (C=O) groups is 1. The molecule has 1 atom stereocenters. The van der Waals surface area contributed by atoms with Crippen LogP contribution in [0.25, 0.3) is 22.3 Å². The van der Waals surface area contributed by atoms with E-state index in [0.717, 1.165) is 16.7 Å². The molecule has 1 fully saturated rings. The number of aromatic amines is 1. The number of hydrogen-bond acceptors (Lipinski definition) is 8. The summed E-state index contributed by atoms with van der Waals surface area (Å²) in [5.74, 6) is -0.201. The first kappa shape index (κ1) is 30.9. The minimum absolute atomic E-state index is 0.0526. The van der Waals surface area contributed by atoms with Gasteiger partial charge in [0.25, 0.3) is 5.91 Å². The molecule has 1 aliphatic heterocycles. The van der Waals surface area contributed by atoms with E-state index in [1.54, 1.807) is 44.4 Å². The van der Waals surface area contributed by atoms with Gasteiger partial charge in [-0.2, -0.15) is 0 Å². The third-order valence-corrected chi connectivity index (χ3v) is 9.93. The van der Waals surface area contributed by atoms with Crippen molar-refractivity contribution in [2.24, 2.45) is 0 Å². The van der Waals surface area contributed by atoms with E-state index in [0.29, 0.717) is 27.8 Å². The van der Waals surface area contributed by atoms with Gasteiger partial charge in [-0.1, -0.05) is 24.3 Å². The summed E-state index contributed by atoms with van der Waals surface area (Å²) < 4.78 is 40.7. The van der Waals surface area contributed by atoms with Crippen LogP contribution in [0.15, 0.2) is 58.7 Å². The molecule has 2 N–H and O–H groups in total. The Morgan fingerprint density at radius 2 is 1.77 bits per heavy atom. The van der Waals surface area contributed by atoms with Crippen LogP contribution in [0.2, 0.25) is 0 Å². The molecule has 5 rings (SSSR count). The number of likely N-dealkylation sites (N-methyl/N-ethyl adjacent to an activating group) is 1. The summed E-state index contributed by atoms with van der Waals surface area (Å²) in [6.07, 6.45) is 2.33. The fourth-order valence-electron chi connectivity index (χ4n) is 5.13. The van der Waals surface area contributed by atoms with Gasteiger partial charge in [-0.15, -0.1) is 0 Å². The summed E-state index contributed by atoms with van der Waals surface area (Å²) in [5, 5.41) is 9.47. The second kappa shape index (κ2) is 10.9. The van der Waals surface area contributed by atoms with Gasteiger partial charge in [0.2, 0.25) is 9.84 Å². The molecule has 0 radical (unpaired) electrons. The average Bonchev–Trinajstić information content (AvgIpc) is 3.44. The monoisotopic (exact) mass is 604 g/mol. The highest BCUT2D eigenvalue weighted by molar-refractivity contribution is 7.91. The van der Waals surface area contributed by atoms with E-state index in [9.17, 15) is 18.3 Å². The Labute approximate surface area is 252 Å². The van der Waals surface area contributed by atoms with Gasteiger partial charge < -0.3 is 24.3 Å². The number of H-pyrrole nitrogens is 1. The van der Waals surface area contributed by atoms with Gasteiger partial charge in [-0.25, -0.2) is 18.4 Å². The number of nitrogens with one attached hydrogen (secondary N) is 1. The molecular weight excluding hydrogens is 567 g/mol. The van der Waals surface area contributed by atoms with Crippen molar-refractivity contribution < 1.29 is 27.6 Å². The van der Waals surface area contributed by atoms with Gasteiger partial charge in [0.05, 0.1) is 28.4 Å². The Bertz CT molecular complexity index is 1820. The predicted octanol–water partition coefficient (Wildman–Crippen LogP) is 3.83. The molecule has 0 spiro atoms. The zero-order valence-corrected chi connectivity index (χ0v) is 26.5. The molecule has 4 aromatic rings. The first-order chi connectivity index (χ1) is 20.0. The van der Waals surface area contributed by atoms with Gasteiger partial charge in [-0.3, -0.25) is 4.79 Å². The van der Waals surface area contributed by atoms with Gasteiger partial charge in [0.1, 0.15) is 5.52 Å². The number of amides is 1. The van der Waals surface area contributed by atoms with E-state index < -0.39 is 34.3 Å². The first-order valence-corrected chi connectivity index (χ1v) is 15.6. The Kier molecular flexibility index (Phi) is 7.79. The van der Waals surface area contributed by atoms with Crippen LogP contribution < -0.4 is 5.46 Å². The van der Waals surface area contributed by atoms with Gasteiger partial charge in [0.15, 0.2) is 10.7 Å². The highest BCUT2D eigenvalue weighted by atomic mass is 32.2. The molecule has 0 saturated carbocycles. The van der Waals surface area contributed by atoms with Crippen molar-refractivity contribution in [2.75, 3.05) is 13.6 Å². The predicted molar refractivity (Wildman–Crippen MR) is 165 cm³/mol. The summed E-state index contributed by atoms with van der Waals surface area (Å²) in [6, 6.07) is 10.5. The van der Waals surface area contributed by atoms with Crippen molar-refractivity contribution in [1.29, 1.82) is 0 Å². The molecule has 3 heterocycles. The average molecular weight is 605 g/mol. The maximum Gasteiger partial charge on any atom is 0.496 e. The highest BCUT2D eigenvalue weighted by Crippen LogP contribution is 2.37. The standard InChI is InChI=1S/C31H37BN4O6S/c1-18-9-12-24(32-41-30(4,5)31(6,7)42-32)25(13-18)43(39,40)26-16-34-28-27(35-26)23(15-33-28)21-10-11-22(19(2)14-21)29(38)36(8)17-20(3)37/h9-16,20,37H,17H2,1-8H3,(H,33,34)/t20-/m1/s1. The van der Waals surface area contributed by atoms with Gasteiger partial charge >= 0.3 is 7.12 Å². The zero-order chi connectivity index (χ0) is 31.5. The Hall–Kier alpha value is -3.58. The van der Waals surface area contributed by atoms with Crippen LogP contribution in [0, 0.1) is 13.8 Å². The number of carbonyl (C=O) groups excluding carboxylic acids is 1. The van der Waals surface area contributed by atoms with Crippen molar-refractivity contribution >= 4 is 39.5 Å². The molecule has 2 aromatic heterocycles. The largest absolute Gasteiger partial charge is 0.496 e. The Balaban J connectivity index is 1.54. The third kappa shape index (κ3) is 5.60. The number of aliphatic hydroxyl groups excluding tert-OH is 1. The fourth-order valence-corrected chi connectivity index (χ4v) is 6.58. The Morgan fingerprint density at radius 3 is 2.40 bits per heavy atom. The molecule has 1 aliphatic rings. The normalized spacial score (nSPS) is 16.9. The number of fused-ring (bicyclic) bond motifs is 1. The molecule has 1 saturated heterocycles. The molecule has 0 unspecified atom stereocenters. The topological polar surface area (TPSA) is 135 Å². The van der Waals surface area contributed by atoms with Crippen LogP contribution in [0.1, 0.15) is 56.1 Å². The number of aliphatic hydroxyl groups is 1. The lowest BCUT2D eigenvalue weighted by atomic mass is 9.79. The highest BCUT2D eigenvalue weighted by Gasteiger charge is 2.53. The van der Waals surface area contributed by atoms with Crippen molar-refractivity contribution in [2.45, 2.75) is 75.7 Å². The number of aryl methyl sites for hydroxylation is 2. The maximum absolute atomic E-state index is 14.1. The SMILES string of the molecule is Cc1ccc(B2OC(C)(C)C(C)(C)O2)c(S(=O)(=O)c2cnc3[nH]cc(-c4ccc(C(=O)N(C)C[C@@H](C)O)c(C)c4)c3n2)c1. The molecule has 1 amide bonds. The lowest BCUT2D eigenvalue weighted by molar-refractivity contribution is 0.00578. The van der Waals surface area contributed by atoms with Crippen molar-refractivity contribution in [3.63, 3.8) is 0 Å². The van der Waals surface area contributed by atoms with Crippen LogP contribution in [-0.4, -0.2) is 77.3 Å². The molecule has 43 heavy (non-hydrogen) atoms. The number of aromatic nitrogens is 3. The molecule has 10 nitrogen and oxygen atoms in total. The van der Waals surface area contributed by atoms with Crippen molar-refractivity contribution in [3.05, 3.63) is 65.5 Å². The summed E-state index contributed by atoms with van der Waals surface area (Å²) >= 11 is 0. The second-order valence-corrected chi connectivity index (χ2v) is 14.2. The van der Waals surface area contributed by atoms with Gasteiger partial charge in [0, 0.05) is 36.4 Å². The number of benzene rings is 2. The molecule has 0 bridgehead atoms. The van der Waals surface area contributed by atoms with E-state index in [1.807, 2.05) is 53.7 Å². The zero-order valence-electron chi connectivity index (χ0n) is 25.7. The third-order valence-electron chi connectivity index (χ3n) is 8.25. The maximum atomic E-state index is 14.1. The van der Waals surface area contributed by atoms with E-state index in [-0.39, 0.29) is 22.4 Å². The van der Waals surface area contributed by atoms with Crippen LogP contribution in [-0.2, 0) is 19.1 Å². The fraction of sp³-hybridized carbons (Fsp3) is 0.387. The summed E-state index contributed by atoms with van der Waals surface area (Å²) in [7, 11) is -3.37. The van der Waals surface area contributed by atoms with Crippen LogP contribution in [0.4, 0.5) is 0 Å². The lowest BCUT2D eigenvalue weighted by Crippen LogP contribution is -2.41. The minimum Gasteiger partial charge on any atom is -0.399 e. The molecule has 226 valence electrons. The summed E-state index contributed by atoms with van der Waals surface area (Å²) in [5.41, 5.74) is 3.32. The molecule has 0 aliphatic carbocycles. The van der Waals surface area contributed by atoms with Crippen LogP contribution in [0.5, 0.6) is 0 Å². The van der Waals surface area contributed by atoms with E-state index in [4.69, 9.17) is 9.31 Å². The van der Waals surface area contributed by atoms with Crippen molar-refractivity contribution in [1.82, 2.24) is 19.9 Å². The van der Waals surface area contributed by atoms with Crippen LogP contribution >= 0.6 is 0 Å². The van der Waals surface area contributed by atoms with Crippen molar-refractivity contribution in [3.8, 4) is 11.1 Å². The quantitative estimate of drug-likeness (QED) is 0.304. The minimum atomic E-state index is -4.14. The van der Waals surface area contributed by atoms with Gasteiger partial charge in [-0.05, 0) is 77.3 Å². The second-order valence-electron chi connectivity index (χ2n) is 12.3. The van der Waals surface area contributed by atoms with E-state index in [2.05, 4.69) is 15.0 Å².